The van der Waals surface area contributed by atoms with Gasteiger partial charge < -0.3 is 18.9 Å². The van der Waals surface area contributed by atoms with E-state index < -0.39 is 32.5 Å². The van der Waals surface area contributed by atoms with Gasteiger partial charge in [-0.15, -0.1) is 0 Å². The molecule has 0 spiro atoms. The molecule has 0 aliphatic rings. The Morgan fingerprint density at radius 3 is 1.15 bits per heavy atom. The van der Waals surface area contributed by atoms with E-state index >= 15 is 0 Å². The second-order valence-corrected chi connectivity index (χ2v) is 16.8. The molecule has 0 saturated heterocycles. The van der Waals surface area contributed by atoms with Crippen molar-refractivity contribution in [3.63, 3.8) is 0 Å². The van der Waals surface area contributed by atoms with E-state index in [4.69, 9.17) is 18.5 Å². The summed E-state index contributed by atoms with van der Waals surface area (Å²) in [5, 5.41) is 0. The SMILES string of the molecule is CC/C=C\C/C=C\C/C=C\C/C=C\C/C=C\C/C=C\CCC(=O)OC[C@@H](COP(=O)(O)OCC[N+](C)(C)C)OC(=O)CC/C=C\C/C=C\C/C=C\C/C=C\C/C=C\C/C=C\CC. The highest BCUT2D eigenvalue weighted by molar-refractivity contribution is 7.47. The van der Waals surface area contributed by atoms with E-state index in [-0.39, 0.29) is 26.1 Å². The Morgan fingerprint density at radius 1 is 0.484 bits per heavy atom. The first-order valence-electron chi connectivity index (χ1n) is 22.6. The first kappa shape index (κ1) is 57.9. The molecule has 2 atom stereocenters. The zero-order valence-electron chi connectivity index (χ0n) is 38.8. The highest BCUT2D eigenvalue weighted by Crippen LogP contribution is 2.43. The van der Waals surface area contributed by atoms with Crippen LogP contribution >= 0.6 is 7.82 Å². The average molecular weight is 879 g/mol. The number of esters is 2. The normalized spacial score (nSPS) is 14.9. The molecule has 0 aliphatic carbocycles. The molecule has 1 N–H and O–H groups in total. The van der Waals surface area contributed by atoms with E-state index in [0.717, 1.165) is 77.0 Å². The van der Waals surface area contributed by atoms with E-state index in [1.165, 1.54) is 0 Å². The quantitative estimate of drug-likeness (QED) is 0.0283. The van der Waals surface area contributed by atoms with Gasteiger partial charge in [-0.25, -0.2) is 4.57 Å². The van der Waals surface area contributed by atoms with Gasteiger partial charge in [0.15, 0.2) is 6.10 Å². The molecule has 0 amide bonds. The van der Waals surface area contributed by atoms with E-state index in [0.29, 0.717) is 23.9 Å². The van der Waals surface area contributed by atoms with E-state index in [9.17, 15) is 19.0 Å². The number of carbonyl (C=O) groups excluding carboxylic acids is 2. The summed E-state index contributed by atoms with van der Waals surface area (Å²) in [5.41, 5.74) is 0. The maximum Gasteiger partial charge on any atom is 0.472 e. The molecule has 9 nitrogen and oxygen atoms in total. The summed E-state index contributed by atoms with van der Waals surface area (Å²) in [6, 6.07) is 0. The lowest BCUT2D eigenvalue weighted by Gasteiger charge is -2.24. The Bertz CT molecular complexity index is 1550. The number of quaternary nitrogens is 1. The predicted molar refractivity (Wildman–Crippen MR) is 260 cm³/mol. The zero-order chi connectivity index (χ0) is 45.7. The van der Waals surface area contributed by atoms with E-state index in [2.05, 4.69) is 135 Å². The largest absolute Gasteiger partial charge is 0.472 e. The number of allylic oxidation sites excluding steroid dienone is 24. The minimum atomic E-state index is -4.43. The van der Waals surface area contributed by atoms with Crippen LogP contribution in [0.5, 0.6) is 0 Å². The Kier molecular flexibility index (Phi) is 39.4. The number of hydrogen-bond acceptors (Lipinski definition) is 7. The number of phosphoric ester groups is 1. The van der Waals surface area contributed by atoms with Crippen LogP contribution in [0.2, 0.25) is 0 Å². The van der Waals surface area contributed by atoms with Crippen molar-refractivity contribution < 1.29 is 42.1 Å². The van der Waals surface area contributed by atoms with E-state index in [1.807, 2.05) is 45.4 Å². The van der Waals surface area contributed by atoms with Crippen LogP contribution in [0.3, 0.4) is 0 Å². The second-order valence-electron chi connectivity index (χ2n) is 15.3. The molecular formula is C52H81NO8P+. The van der Waals surface area contributed by atoms with Gasteiger partial charge in [0.1, 0.15) is 19.8 Å². The molecular weight excluding hydrogens is 798 g/mol. The first-order chi connectivity index (χ1) is 30.0. The fourth-order valence-corrected chi connectivity index (χ4v) is 5.69. The molecule has 0 saturated carbocycles. The maximum atomic E-state index is 12.7. The molecule has 62 heavy (non-hydrogen) atoms. The molecule has 0 radical (unpaired) electrons. The molecule has 0 aromatic rings. The van der Waals surface area contributed by atoms with Gasteiger partial charge >= 0.3 is 19.8 Å². The van der Waals surface area contributed by atoms with Gasteiger partial charge in [-0.2, -0.15) is 0 Å². The molecule has 1 unspecified atom stereocenters. The number of hydrogen-bond donors (Lipinski definition) is 1. The number of phosphoric acid groups is 1. The number of rotatable bonds is 38. The van der Waals surface area contributed by atoms with Crippen LogP contribution in [0.4, 0.5) is 0 Å². The Balaban J connectivity index is 4.63. The lowest BCUT2D eigenvalue weighted by molar-refractivity contribution is -0.870. The first-order valence-corrected chi connectivity index (χ1v) is 24.1. The van der Waals surface area contributed by atoms with Crippen LogP contribution in [0.1, 0.15) is 117 Å². The van der Waals surface area contributed by atoms with Crippen molar-refractivity contribution >= 4 is 19.8 Å². The standard InChI is InChI=1S/C52H80NO8P/c1-6-8-10-12-14-16-18-20-22-24-26-28-30-32-34-36-38-40-42-44-51(54)58-48-50(49-60-62(56,57)59-47-46-53(3,4)5)61-52(55)45-43-41-39-37-35-33-31-29-27-25-23-21-19-17-15-13-11-9-7-2/h8-11,14-17,20-23,26-29,32-35,38-41,50H,6-7,12-13,18-19,24-25,30-31,36-37,42-49H2,1-5H3/p+1/b10-8-,11-9-,16-14-,17-15-,22-20-,23-21-,28-26-,29-27-,34-32-,35-33-,40-38-,41-39-/t50-/m0/s1. The van der Waals surface area contributed by atoms with Gasteiger partial charge in [-0.05, 0) is 89.9 Å². The van der Waals surface area contributed by atoms with Crippen LogP contribution in [0.15, 0.2) is 146 Å². The Labute approximate surface area is 376 Å². The molecule has 0 rings (SSSR count). The van der Waals surface area contributed by atoms with Crippen molar-refractivity contribution in [1.82, 2.24) is 0 Å². The summed E-state index contributed by atoms with van der Waals surface area (Å²) >= 11 is 0. The number of carbonyl (C=O) groups is 2. The predicted octanol–water partition coefficient (Wildman–Crippen LogP) is 13.2. The Morgan fingerprint density at radius 2 is 0.806 bits per heavy atom. The summed E-state index contributed by atoms with van der Waals surface area (Å²) in [6.45, 7) is 3.97. The number of ether oxygens (including phenoxy) is 2. The summed E-state index contributed by atoms with van der Waals surface area (Å²) in [7, 11) is 1.36. The van der Waals surface area contributed by atoms with Gasteiger partial charge in [-0.1, -0.05) is 160 Å². The molecule has 0 fully saturated rings. The minimum absolute atomic E-state index is 0.00271. The van der Waals surface area contributed by atoms with Crippen molar-refractivity contribution in [3.8, 4) is 0 Å². The molecule has 0 aromatic heterocycles. The van der Waals surface area contributed by atoms with Gasteiger partial charge in [0.25, 0.3) is 0 Å². The third-order valence-corrected chi connectivity index (χ3v) is 9.38. The minimum Gasteiger partial charge on any atom is -0.462 e. The van der Waals surface area contributed by atoms with Crippen LogP contribution in [-0.2, 0) is 32.7 Å². The third-order valence-electron chi connectivity index (χ3n) is 8.39. The van der Waals surface area contributed by atoms with Crippen molar-refractivity contribution in [2.24, 2.45) is 0 Å². The topological polar surface area (TPSA) is 108 Å². The molecule has 0 aromatic carbocycles. The highest BCUT2D eigenvalue weighted by atomic mass is 31.2. The molecule has 0 heterocycles. The highest BCUT2D eigenvalue weighted by Gasteiger charge is 2.27. The van der Waals surface area contributed by atoms with Crippen molar-refractivity contribution in [2.75, 3.05) is 47.5 Å². The zero-order valence-corrected chi connectivity index (χ0v) is 39.7. The van der Waals surface area contributed by atoms with E-state index in [1.54, 1.807) is 0 Å². The lowest BCUT2D eigenvalue weighted by Crippen LogP contribution is -2.37. The lowest BCUT2D eigenvalue weighted by atomic mass is 10.2. The molecule has 346 valence electrons. The monoisotopic (exact) mass is 879 g/mol. The molecule has 0 bridgehead atoms. The molecule has 10 heteroatoms. The smallest absolute Gasteiger partial charge is 0.462 e. The fraction of sp³-hybridized carbons (Fsp3) is 0.500. The van der Waals surface area contributed by atoms with Crippen molar-refractivity contribution in [3.05, 3.63) is 146 Å². The number of nitrogens with zero attached hydrogens (tertiary/aromatic N) is 1. The summed E-state index contributed by atoms with van der Waals surface area (Å²) in [5.74, 6) is -1.01. The van der Waals surface area contributed by atoms with Crippen LogP contribution < -0.4 is 0 Å². The third kappa shape index (κ3) is 45.4. The van der Waals surface area contributed by atoms with Crippen molar-refractivity contribution in [1.29, 1.82) is 0 Å². The fourth-order valence-electron chi connectivity index (χ4n) is 4.95. The second kappa shape index (κ2) is 42.2. The van der Waals surface area contributed by atoms with Gasteiger partial charge in [0.2, 0.25) is 0 Å². The molecule has 0 aliphatic heterocycles. The maximum absolute atomic E-state index is 12.7. The van der Waals surface area contributed by atoms with Gasteiger partial charge in [0, 0.05) is 12.8 Å². The summed E-state index contributed by atoms with van der Waals surface area (Å²) in [4.78, 5) is 35.3. The van der Waals surface area contributed by atoms with Crippen LogP contribution in [0, 0.1) is 0 Å². The average Bonchev–Trinajstić information content (AvgIpc) is 3.23. The summed E-state index contributed by atoms with van der Waals surface area (Å²) < 4.78 is 34.1. The van der Waals surface area contributed by atoms with Crippen molar-refractivity contribution in [2.45, 2.75) is 123 Å². The Hall–Kier alpha value is -4.11. The van der Waals surface area contributed by atoms with Crippen LogP contribution in [0.25, 0.3) is 0 Å². The van der Waals surface area contributed by atoms with Gasteiger partial charge in [0.05, 0.1) is 27.7 Å². The summed E-state index contributed by atoms with van der Waals surface area (Å²) in [6.07, 6.45) is 62.2. The van der Waals surface area contributed by atoms with Gasteiger partial charge in [-0.3, -0.25) is 18.6 Å². The number of likely N-dealkylation sites (N-methyl/N-ethyl adjacent to an activating group) is 1. The van der Waals surface area contributed by atoms with Crippen LogP contribution in [-0.4, -0.2) is 74.9 Å².